The lowest BCUT2D eigenvalue weighted by atomic mass is 9.77. The highest BCUT2D eigenvalue weighted by Crippen LogP contribution is 2.38. The van der Waals surface area contributed by atoms with Crippen LogP contribution in [0, 0.1) is 5.92 Å². The maximum atomic E-state index is 12.0. The minimum Gasteiger partial charge on any atom is -0.356 e. The van der Waals surface area contributed by atoms with Crippen LogP contribution in [-0.4, -0.2) is 18.4 Å². The van der Waals surface area contributed by atoms with Crippen molar-refractivity contribution in [3.8, 4) is 0 Å². The molecule has 2 amide bonds. The number of halogens is 1. The zero-order valence-electron chi connectivity index (χ0n) is 12.2. The summed E-state index contributed by atoms with van der Waals surface area (Å²) < 4.78 is 1.04. The van der Waals surface area contributed by atoms with Gasteiger partial charge in [-0.25, -0.2) is 0 Å². The second-order valence-corrected chi connectivity index (χ2v) is 6.44. The van der Waals surface area contributed by atoms with Crippen molar-refractivity contribution in [2.24, 2.45) is 5.92 Å². The number of hydrogen-bond acceptors (Lipinski definition) is 2. The van der Waals surface area contributed by atoms with E-state index >= 15 is 0 Å². The van der Waals surface area contributed by atoms with Gasteiger partial charge in [-0.1, -0.05) is 34.5 Å². The Balaban J connectivity index is 1.95. The van der Waals surface area contributed by atoms with Gasteiger partial charge < -0.3 is 10.6 Å². The van der Waals surface area contributed by atoms with Crippen molar-refractivity contribution < 1.29 is 9.59 Å². The van der Waals surface area contributed by atoms with Crippen molar-refractivity contribution in [1.29, 1.82) is 0 Å². The molecule has 1 aromatic rings. The maximum absolute atomic E-state index is 12.0. The zero-order chi connectivity index (χ0) is 15.2. The highest BCUT2D eigenvalue weighted by molar-refractivity contribution is 9.10. The Kier molecular flexibility index (Phi) is 5.79. The first-order valence-corrected chi connectivity index (χ1v) is 8.15. The van der Waals surface area contributed by atoms with Crippen LogP contribution < -0.4 is 10.6 Å². The summed E-state index contributed by atoms with van der Waals surface area (Å²) in [7, 11) is 0. The van der Waals surface area contributed by atoms with Crippen molar-refractivity contribution in [2.45, 2.75) is 38.6 Å². The first kappa shape index (κ1) is 16.0. The van der Waals surface area contributed by atoms with Gasteiger partial charge in [0.15, 0.2) is 0 Å². The fourth-order valence-electron chi connectivity index (χ4n) is 2.51. The zero-order valence-corrected chi connectivity index (χ0v) is 13.8. The molecule has 21 heavy (non-hydrogen) atoms. The molecule has 114 valence electrons. The van der Waals surface area contributed by atoms with E-state index < -0.39 is 0 Å². The quantitative estimate of drug-likeness (QED) is 0.826. The van der Waals surface area contributed by atoms with Crippen molar-refractivity contribution in [3.05, 3.63) is 34.3 Å². The fraction of sp³-hybridized carbons (Fsp3) is 0.500. The Morgan fingerprint density at radius 1 is 1.29 bits per heavy atom. The minimum absolute atomic E-state index is 0.0106. The van der Waals surface area contributed by atoms with Gasteiger partial charge in [-0.05, 0) is 36.5 Å². The summed E-state index contributed by atoms with van der Waals surface area (Å²) in [6.07, 6.45) is 3.87. The third kappa shape index (κ3) is 4.84. The van der Waals surface area contributed by atoms with Crippen LogP contribution in [0.2, 0.25) is 0 Å². The number of carbonyl (C=O) groups excluding carboxylic acids is 2. The topological polar surface area (TPSA) is 58.2 Å². The van der Waals surface area contributed by atoms with E-state index in [2.05, 4.69) is 38.7 Å². The first-order valence-electron chi connectivity index (χ1n) is 7.35. The van der Waals surface area contributed by atoms with E-state index in [-0.39, 0.29) is 17.9 Å². The molecule has 0 saturated heterocycles. The molecule has 1 fully saturated rings. The van der Waals surface area contributed by atoms with E-state index in [9.17, 15) is 9.59 Å². The van der Waals surface area contributed by atoms with Crippen LogP contribution >= 0.6 is 15.9 Å². The summed E-state index contributed by atoms with van der Waals surface area (Å²) in [5, 5.41) is 5.77. The van der Waals surface area contributed by atoms with Crippen LogP contribution in [-0.2, 0) is 9.59 Å². The molecule has 0 bridgehead atoms. The van der Waals surface area contributed by atoms with E-state index in [4.69, 9.17) is 0 Å². The number of nitrogens with one attached hydrogen (secondary N) is 2. The fourth-order valence-corrected chi connectivity index (χ4v) is 2.78. The Bertz CT molecular complexity index is 498. The monoisotopic (exact) mass is 352 g/mol. The molecule has 0 aliphatic heterocycles. The summed E-state index contributed by atoms with van der Waals surface area (Å²) in [5.41, 5.74) is 1.15. The van der Waals surface area contributed by atoms with E-state index in [1.807, 2.05) is 12.1 Å². The standard InChI is InChI=1S/C16H21BrN2O2/c1-11(20)18-10-9-15(21)19-16(12-3-2-4-12)13-5-7-14(17)8-6-13/h5-8,12,16H,2-4,9-10H2,1H3,(H,18,20)(H,19,21). The van der Waals surface area contributed by atoms with Gasteiger partial charge in [0.2, 0.25) is 11.8 Å². The number of benzene rings is 1. The Morgan fingerprint density at radius 3 is 2.48 bits per heavy atom. The molecule has 1 atom stereocenters. The van der Waals surface area contributed by atoms with Crippen molar-refractivity contribution in [1.82, 2.24) is 10.6 Å². The van der Waals surface area contributed by atoms with Crippen molar-refractivity contribution in [2.75, 3.05) is 6.54 Å². The summed E-state index contributed by atoms with van der Waals surface area (Å²) >= 11 is 3.43. The minimum atomic E-state index is -0.105. The molecule has 4 nitrogen and oxygen atoms in total. The first-order chi connectivity index (χ1) is 10.1. The van der Waals surface area contributed by atoms with Crippen LogP contribution in [0.25, 0.3) is 0 Å². The largest absolute Gasteiger partial charge is 0.356 e. The second kappa shape index (κ2) is 7.59. The Morgan fingerprint density at radius 2 is 1.95 bits per heavy atom. The third-order valence-corrected chi connectivity index (χ3v) is 4.42. The molecule has 1 unspecified atom stereocenters. The number of amides is 2. The van der Waals surface area contributed by atoms with Crippen LogP contribution in [0.5, 0.6) is 0 Å². The maximum Gasteiger partial charge on any atom is 0.222 e. The Labute approximate surface area is 133 Å². The second-order valence-electron chi connectivity index (χ2n) is 5.52. The van der Waals surface area contributed by atoms with Gasteiger partial charge in [-0.2, -0.15) is 0 Å². The van der Waals surface area contributed by atoms with E-state index in [1.54, 1.807) is 0 Å². The van der Waals surface area contributed by atoms with Crippen LogP contribution in [0.15, 0.2) is 28.7 Å². The molecule has 1 saturated carbocycles. The lowest BCUT2D eigenvalue weighted by molar-refractivity contribution is -0.122. The molecule has 1 aliphatic carbocycles. The van der Waals surface area contributed by atoms with Gasteiger partial charge in [-0.15, -0.1) is 0 Å². The molecule has 0 spiro atoms. The van der Waals surface area contributed by atoms with Gasteiger partial charge in [0.25, 0.3) is 0 Å². The summed E-state index contributed by atoms with van der Waals surface area (Å²) in [5.74, 6) is 0.408. The van der Waals surface area contributed by atoms with E-state index in [0.29, 0.717) is 18.9 Å². The van der Waals surface area contributed by atoms with Crippen LogP contribution in [0.3, 0.4) is 0 Å². The number of carbonyl (C=O) groups is 2. The van der Waals surface area contributed by atoms with E-state index in [1.165, 1.54) is 13.3 Å². The summed E-state index contributed by atoms with van der Waals surface area (Å²) in [6, 6.07) is 8.20. The number of hydrogen-bond donors (Lipinski definition) is 2. The van der Waals surface area contributed by atoms with Crippen LogP contribution in [0.4, 0.5) is 0 Å². The molecule has 1 aliphatic rings. The molecule has 2 rings (SSSR count). The molecule has 5 heteroatoms. The van der Waals surface area contributed by atoms with Gasteiger partial charge in [0, 0.05) is 24.4 Å². The SMILES string of the molecule is CC(=O)NCCC(=O)NC(c1ccc(Br)cc1)C1CCC1. The molecular weight excluding hydrogens is 332 g/mol. The van der Waals surface area contributed by atoms with Crippen LogP contribution in [0.1, 0.15) is 44.2 Å². The molecule has 0 aromatic heterocycles. The Hall–Kier alpha value is -1.36. The van der Waals surface area contributed by atoms with Crippen molar-refractivity contribution >= 4 is 27.7 Å². The number of rotatable bonds is 6. The van der Waals surface area contributed by atoms with Gasteiger partial charge >= 0.3 is 0 Å². The molecular formula is C16H21BrN2O2. The lowest BCUT2D eigenvalue weighted by Crippen LogP contribution is -2.37. The predicted molar refractivity (Wildman–Crippen MR) is 85.7 cm³/mol. The molecule has 2 N–H and O–H groups in total. The van der Waals surface area contributed by atoms with Gasteiger partial charge in [-0.3, -0.25) is 9.59 Å². The average Bonchev–Trinajstić information content (AvgIpc) is 2.36. The van der Waals surface area contributed by atoms with Crippen molar-refractivity contribution in [3.63, 3.8) is 0 Å². The highest BCUT2D eigenvalue weighted by atomic mass is 79.9. The van der Waals surface area contributed by atoms with E-state index in [0.717, 1.165) is 22.9 Å². The smallest absolute Gasteiger partial charge is 0.222 e. The summed E-state index contributed by atoms with van der Waals surface area (Å²) in [6.45, 7) is 1.84. The molecule has 0 heterocycles. The lowest BCUT2D eigenvalue weighted by Gasteiger charge is -2.34. The normalized spacial score (nSPS) is 15.9. The molecule has 0 radical (unpaired) electrons. The third-order valence-electron chi connectivity index (χ3n) is 3.89. The molecule has 1 aromatic carbocycles. The summed E-state index contributed by atoms with van der Waals surface area (Å²) in [4.78, 5) is 22.9. The highest BCUT2D eigenvalue weighted by Gasteiger charge is 2.29. The van der Waals surface area contributed by atoms with Gasteiger partial charge in [0.05, 0.1) is 6.04 Å². The average molecular weight is 353 g/mol. The predicted octanol–water partition coefficient (Wildman–Crippen LogP) is 2.93. The van der Waals surface area contributed by atoms with Gasteiger partial charge in [0.1, 0.15) is 0 Å².